The third-order valence-electron chi connectivity index (χ3n) is 3.31. The third-order valence-corrected chi connectivity index (χ3v) is 3.31. The van der Waals surface area contributed by atoms with Crippen molar-refractivity contribution in [2.45, 2.75) is 6.42 Å². The highest BCUT2D eigenvalue weighted by Crippen LogP contribution is 2.13. The summed E-state index contributed by atoms with van der Waals surface area (Å²) in [6.45, 7) is 1.24. The third kappa shape index (κ3) is 4.92. The molecule has 8 heteroatoms. The van der Waals surface area contributed by atoms with Crippen LogP contribution in [0.1, 0.15) is 6.42 Å². The Morgan fingerprint density at radius 3 is 2.50 bits per heavy atom. The molecule has 0 radical (unpaired) electrons. The smallest absolute Gasteiger partial charge is 0.243 e. The molecule has 2 rings (SSSR count). The van der Waals surface area contributed by atoms with Gasteiger partial charge in [0.05, 0.1) is 12.5 Å². The fraction of sp³-hybridized carbons (Fsp3) is 0.429. The lowest BCUT2D eigenvalue weighted by Gasteiger charge is -2.20. The summed E-state index contributed by atoms with van der Waals surface area (Å²) in [6.07, 6.45) is 0.750. The molecular weight excluding hydrogens is 316 g/mol. The number of carbonyl (C=O) groups is 2. The number of likely N-dealkylation sites (N-methyl/N-ethyl adjacent to an activating group) is 1. The van der Waals surface area contributed by atoms with Gasteiger partial charge in [-0.05, 0) is 25.1 Å². The summed E-state index contributed by atoms with van der Waals surface area (Å²) in [7, 11) is 1.53. The Labute approximate surface area is 133 Å². The van der Waals surface area contributed by atoms with Crippen LogP contribution in [0.4, 0.5) is 14.5 Å². The van der Waals surface area contributed by atoms with Crippen LogP contribution in [0.5, 0.6) is 0 Å². The van der Waals surface area contributed by atoms with Crippen LogP contribution in [0.3, 0.4) is 0 Å². The molecule has 1 aromatic carbocycles. The van der Waals surface area contributed by atoms with E-state index in [1.54, 1.807) is 0 Å². The fourth-order valence-electron chi connectivity index (χ4n) is 2.30. The molecule has 1 fully saturated rings. The Balaban J connectivity index is 0.00000242. The number of rotatable bonds is 4. The number of benzene rings is 1. The van der Waals surface area contributed by atoms with E-state index in [1.807, 2.05) is 0 Å². The second-order valence-electron chi connectivity index (χ2n) is 5.09. The van der Waals surface area contributed by atoms with Crippen LogP contribution < -0.4 is 10.6 Å². The first-order valence-corrected chi connectivity index (χ1v) is 6.67. The molecule has 1 heterocycles. The average molecular weight is 334 g/mol. The fourth-order valence-corrected chi connectivity index (χ4v) is 2.30. The molecule has 1 unspecified atom stereocenters. The Hall–Kier alpha value is -1.73. The lowest BCUT2D eigenvalue weighted by Crippen LogP contribution is -2.39. The monoisotopic (exact) mass is 333 g/mol. The lowest BCUT2D eigenvalue weighted by molar-refractivity contribution is -0.136. The van der Waals surface area contributed by atoms with Crippen molar-refractivity contribution in [1.29, 1.82) is 0 Å². The van der Waals surface area contributed by atoms with E-state index < -0.39 is 17.5 Å². The molecule has 0 bridgehead atoms. The van der Waals surface area contributed by atoms with Crippen LogP contribution in [-0.4, -0.2) is 43.4 Å². The second kappa shape index (κ2) is 8.05. The molecule has 122 valence electrons. The van der Waals surface area contributed by atoms with Gasteiger partial charge >= 0.3 is 0 Å². The quantitative estimate of drug-likeness (QED) is 0.875. The molecule has 0 aliphatic carbocycles. The number of hydrogen-bond donors (Lipinski definition) is 2. The number of amides is 2. The summed E-state index contributed by atoms with van der Waals surface area (Å²) < 4.78 is 26.0. The maximum atomic E-state index is 13.0. The van der Waals surface area contributed by atoms with Crippen LogP contribution in [0, 0.1) is 17.6 Å². The SMILES string of the molecule is CN(CC(=O)Nc1cc(F)cc(F)c1)C(=O)C1CCNC1.Cl. The minimum absolute atomic E-state index is 0. The van der Waals surface area contributed by atoms with E-state index in [0.29, 0.717) is 6.54 Å². The van der Waals surface area contributed by atoms with Gasteiger partial charge in [-0.3, -0.25) is 9.59 Å². The molecular formula is C14H18ClF2N3O2. The molecule has 5 nitrogen and oxygen atoms in total. The van der Waals surface area contributed by atoms with Gasteiger partial charge in [0.2, 0.25) is 11.8 Å². The van der Waals surface area contributed by atoms with E-state index in [2.05, 4.69) is 10.6 Å². The predicted octanol–water partition coefficient (Wildman–Crippen LogP) is 1.39. The van der Waals surface area contributed by atoms with Gasteiger partial charge in [-0.15, -0.1) is 12.4 Å². The van der Waals surface area contributed by atoms with Crippen LogP contribution in [0.25, 0.3) is 0 Å². The molecule has 2 N–H and O–H groups in total. The van der Waals surface area contributed by atoms with E-state index in [-0.39, 0.29) is 36.5 Å². The number of nitrogens with zero attached hydrogens (tertiary/aromatic N) is 1. The maximum Gasteiger partial charge on any atom is 0.243 e. The van der Waals surface area contributed by atoms with Crippen LogP contribution in [-0.2, 0) is 9.59 Å². The minimum Gasteiger partial charge on any atom is -0.336 e. The van der Waals surface area contributed by atoms with E-state index >= 15 is 0 Å². The molecule has 1 atom stereocenters. The van der Waals surface area contributed by atoms with Gasteiger partial charge in [-0.25, -0.2) is 8.78 Å². The zero-order valence-electron chi connectivity index (χ0n) is 12.1. The van der Waals surface area contributed by atoms with Gasteiger partial charge < -0.3 is 15.5 Å². The number of hydrogen-bond acceptors (Lipinski definition) is 3. The Morgan fingerprint density at radius 2 is 1.95 bits per heavy atom. The first-order chi connectivity index (χ1) is 9.95. The maximum absolute atomic E-state index is 13.0. The molecule has 2 amide bonds. The van der Waals surface area contributed by atoms with Crippen molar-refractivity contribution in [3.8, 4) is 0 Å². The predicted molar refractivity (Wildman–Crippen MR) is 80.8 cm³/mol. The van der Waals surface area contributed by atoms with Crippen molar-refractivity contribution in [2.24, 2.45) is 5.92 Å². The first kappa shape index (κ1) is 18.3. The summed E-state index contributed by atoms with van der Waals surface area (Å²) in [5.74, 6) is -2.27. The summed E-state index contributed by atoms with van der Waals surface area (Å²) in [6, 6.07) is 2.76. The minimum atomic E-state index is -0.772. The Morgan fingerprint density at radius 1 is 1.32 bits per heavy atom. The van der Waals surface area contributed by atoms with Crippen molar-refractivity contribution in [1.82, 2.24) is 10.2 Å². The standard InChI is InChI=1S/C14H17F2N3O2.ClH/c1-19(14(21)9-2-3-17-7-9)8-13(20)18-12-5-10(15)4-11(16)6-12;/h4-6,9,17H,2-3,7-8H2,1H3,(H,18,20);1H. The van der Waals surface area contributed by atoms with E-state index in [0.717, 1.165) is 31.2 Å². The number of anilines is 1. The zero-order chi connectivity index (χ0) is 15.4. The van der Waals surface area contributed by atoms with Gasteiger partial charge in [0.15, 0.2) is 0 Å². The molecule has 1 aliphatic heterocycles. The molecule has 1 saturated heterocycles. The topological polar surface area (TPSA) is 61.4 Å². The van der Waals surface area contributed by atoms with Gasteiger partial charge in [0, 0.05) is 25.3 Å². The highest BCUT2D eigenvalue weighted by atomic mass is 35.5. The van der Waals surface area contributed by atoms with Crippen molar-refractivity contribution < 1.29 is 18.4 Å². The summed E-state index contributed by atoms with van der Waals surface area (Å²) in [5, 5.41) is 5.45. The molecule has 0 aromatic heterocycles. The molecule has 1 aliphatic rings. The van der Waals surface area contributed by atoms with Crippen molar-refractivity contribution in [3.63, 3.8) is 0 Å². The van der Waals surface area contributed by atoms with E-state index in [1.165, 1.54) is 11.9 Å². The summed E-state index contributed by atoms with van der Waals surface area (Å²) in [5.41, 5.74) is 0.0286. The van der Waals surface area contributed by atoms with Gasteiger partial charge in [-0.1, -0.05) is 0 Å². The van der Waals surface area contributed by atoms with Gasteiger partial charge in [0.1, 0.15) is 11.6 Å². The molecule has 1 aromatic rings. The number of halogens is 3. The van der Waals surface area contributed by atoms with E-state index in [9.17, 15) is 18.4 Å². The Bertz CT molecular complexity index is 531. The molecule has 0 saturated carbocycles. The first-order valence-electron chi connectivity index (χ1n) is 6.67. The number of nitrogens with one attached hydrogen (secondary N) is 2. The zero-order valence-corrected chi connectivity index (χ0v) is 12.9. The van der Waals surface area contributed by atoms with Crippen molar-refractivity contribution in [3.05, 3.63) is 29.8 Å². The van der Waals surface area contributed by atoms with Gasteiger partial charge in [-0.2, -0.15) is 0 Å². The average Bonchev–Trinajstić information content (AvgIpc) is 2.89. The van der Waals surface area contributed by atoms with Crippen molar-refractivity contribution >= 4 is 29.9 Å². The largest absolute Gasteiger partial charge is 0.336 e. The van der Waals surface area contributed by atoms with E-state index in [4.69, 9.17) is 0 Å². The molecule has 0 spiro atoms. The highest BCUT2D eigenvalue weighted by Gasteiger charge is 2.26. The van der Waals surface area contributed by atoms with Crippen LogP contribution in [0.2, 0.25) is 0 Å². The van der Waals surface area contributed by atoms with Gasteiger partial charge in [0.25, 0.3) is 0 Å². The van der Waals surface area contributed by atoms with Crippen LogP contribution >= 0.6 is 12.4 Å². The number of carbonyl (C=O) groups excluding carboxylic acids is 2. The lowest BCUT2D eigenvalue weighted by atomic mass is 10.1. The second-order valence-corrected chi connectivity index (χ2v) is 5.09. The summed E-state index contributed by atoms with van der Waals surface area (Å²) >= 11 is 0. The highest BCUT2D eigenvalue weighted by molar-refractivity contribution is 5.94. The Kier molecular flexibility index (Phi) is 6.70. The van der Waals surface area contributed by atoms with Crippen LogP contribution in [0.15, 0.2) is 18.2 Å². The summed E-state index contributed by atoms with van der Waals surface area (Å²) in [4.78, 5) is 25.1. The van der Waals surface area contributed by atoms with Crippen molar-refractivity contribution in [2.75, 3.05) is 32.0 Å². The molecule has 22 heavy (non-hydrogen) atoms. The normalized spacial score (nSPS) is 16.8.